The van der Waals surface area contributed by atoms with Crippen molar-refractivity contribution in [3.8, 4) is 0 Å². The molecule has 0 aromatic rings. The Bertz CT molecular complexity index is 496. The summed E-state index contributed by atoms with van der Waals surface area (Å²) in [6.07, 6.45) is 46.2. The van der Waals surface area contributed by atoms with Gasteiger partial charge in [-0.1, -0.05) is 134 Å². The van der Waals surface area contributed by atoms with E-state index < -0.39 is 0 Å². The van der Waals surface area contributed by atoms with Gasteiger partial charge in [-0.05, 0) is 77.2 Å². The SMILES string of the molecule is CCCCCC=CCC=CCCCCCCCCNCCOCCCCCCCCC=CCCCCCC. The van der Waals surface area contributed by atoms with Crippen LogP contribution in [0, 0.1) is 0 Å². The molecule has 0 amide bonds. The fourth-order valence-corrected chi connectivity index (χ4v) is 4.71. The van der Waals surface area contributed by atoms with Gasteiger partial charge in [-0.15, -0.1) is 0 Å². The van der Waals surface area contributed by atoms with Gasteiger partial charge >= 0.3 is 0 Å². The van der Waals surface area contributed by atoms with Crippen LogP contribution in [0.5, 0.6) is 0 Å². The maximum absolute atomic E-state index is 5.79. The summed E-state index contributed by atoms with van der Waals surface area (Å²) in [4.78, 5) is 0. The van der Waals surface area contributed by atoms with E-state index in [9.17, 15) is 0 Å². The van der Waals surface area contributed by atoms with Gasteiger partial charge in [0.2, 0.25) is 0 Å². The second-order valence-corrected chi connectivity index (χ2v) is 11.2. The van der Waals surface area contributed by atoms with Gasteiger partial charge in [0.15, 0.2) is 0 Å². The molecule has 0 aromatic carbocycles. The molecule has 0 unspecified atom stereocenters. The van der Waals surface area contributed by atoms with Crippen LogP contribution >= 0.6 is 0 Å². The minimum Gasteiger partial charge on any atom is -0.380 e. The molecule has 0 saturated carbocycles. The Morgan fingerprint density at radius 1 is 0.395 bits per heavy atom. The monoisotopic (exact) mass is 532 g/mol. The van der Waals surface area contributed by atoms with Crippen molar-refractivity contribution in [1.82, 2.24) is 5.32 Å². The molecule has 0 aromatic heterocycles. The Hall–Kier alpha value is -0.860. The Labute approximate surface area is 240 Å². The van der Waals surface area contributed by atoms with E-state index in [1.807, 2.05) is 0 Å². The van der Waals surface area contributed by atoms with Crippen LogP contribution in [-0.2, 0) is 4.74 Å². The van der Waals surface area contributed by atoms with Crippen LogP contribution < -0.4 is 5.32 Å². The molecule has 0 saturated heterocycles. The molecule has 2 nitrogen and oxygen atoms in total. The van der Waals surface area contributed by atoms with Crippen molar-refractivity contribution >= 4 is 0 Å². The summed E-state index contributed by atoms with van der Waals surface area (Å²) in [5, 5.41) is 3.54. The molecule has 1 N–H and O–H groups in total. The van der Waals surface area contributed by atoms with Crippen LogP contribution in [0.4, 0.5) is 0 Å². The normalized spacial score (nSPS) is 12.2. The third kappa shape index (κ3) is 35.1. The van der Waals surface area contributed by atoms with E-state index >= 15 is 0 Å². The van der Waals surface area contributed by atoms with Crippen LogP contribution in [0.1, 0.15) is 168 Å². The lowest BCUT2D eigenvalue weighted by Crippen LogP contribution is -2.21. The first-order chi connectivity index (χ1) is 18.9. The van der Waals surface area contributed by atoms with Gasteiger partial charge in [-0.2, -0.15) is 0 Å². The Morgan fingerprint density at radius 3 is 1.39 bits per heavy atom. The van der Waals surface area contributed by atoms with E-state index in [1.54, 1.807) is 0 Å². The molecule has 224 valence electrons. The number of allylic oxidation sites excluding steroid dienone is 6. The van der Waals surface area contributed by atoms with Gasteiger partial charge in [-0.3, -0.25) is 0 Å². The molecular weight excluding hydrogens is 462 g/mol. The van der Waals surface area contributed by atoms with Gasteiger partial charge < -0.3 is 10.1 Å². The van der Waals surface area contributed by atoms with Crippen molar-refractivity contribution in [1.29, 1.82) is 0 Å². The molecule has 38 heavy (non-hydrogen) atoms. The Morgan fingerprint density at radius 2 is 0.816 bits per heavy atom. The van der Waals surface area contributed by atoms with E-state index in [0.717, 1.165) is 32.7 Å². The van der Waals surface area contributed by atoms with E-state index in [-0.39, 0.29) is 0 Å². The number of unbranched alkanes of at least 4 members (excludes halogenated alkanes) is 19. The molecule has 0 aliphatic rings. The number of hydrogen-bond acceptors (Lipinski definition) is 2. The predicted octanol–water partition coefficient (Wildman–Crippen LogP) is 11.7. The molecule has 0 atom stereocenters. The summed E-state index contributed by atoms with van der Waals surface area (Å²) in [6.45, 7) is 8.50. The van der Waals surface area contributed by atoms with Crippen LogP contribution in [0.3, 0.4) is 0 Å². The summed E-state index contributed by atoms with van der Waals surface area (Å²) in [5.41, 5.74) is 0. The third-order valence-electron chi connectivity index (χ3n) is 7.28. The highest BCUT2D eigenvalue weighted by atomic mass is 16.5. The highest BCUT2D eigenvalue weighted by Crippen LogP contribution is 2.10. The third-order valence-corrected chi connectivity index (χ3v) is 7.28. The van der Waals surface area contributed by atoms with Crippen molar-refractivity contribution in [3.63, 3.8) is 0 Å². The summed E-state index contributed by atoms with van der Waals surface area (Å²) in [7, 11) is 0. The van der Waals surface area contributed by atoms with Crippen molar-refractivity contribution in [2.24, 2.45) is 0 Å². The standard InChI is InChI=1S/C36H69NO/c1-3-5-7-9-11-13-15-17-19-20-21-23-25-27-29-31-33-37-34-36-38-35-32-30-28-26-24-22-18-16-14-12-10-8-6-4-2/h11,13-14,16-17,19,37H,3-10,12,15,18,20-36H2,1-2H3. The molecule has 2 heteroatoms. The molecule has 0 spiro atoms. The minimum atomic E-state index is 0.868. The average Bonchev–Trinajstić information content (AvgIpc) is 2.93. The molecule has 0 bridgehead atoms. The maximum atomic E-state index is 5.79. The van der Waals surface area contributed by atoms with Crippen LogP contribution in [0.25, 0.3) is 0 Å². The van der Waals surface area contributed by atoms with Crippen LogP contribution in [0.15, 0.2) is 36.5 Å². The van der Waals surface area contributed by atoms with Gasteiger partial charge in [-0.25, -0.2) is 0 Å². The lowest BCUT2D eigenvalue weighted by molar-refractivity contribution is 0.131. The zero-order chi connectivity index (χ0) is 27.5. The summed E-state index contributed by atoms with van der Waals surface area (Å²) >= 11 is 0. The second-order valence-electron chi connectivity index (χ2n) is 11.2. The van der Waals surface area contributed by atoms with Gasteiger partial charge in [0.1, 0.15) is 0 Å². The number of nitrogens with one attached hydrogen (secondary N) is 1. The van der Waals surface area contributed by atoms with Gasteiger partial charge in [0, 0.05) is 13.2 Å². The highest BCUT2D eigenvalue weighted by Gasteiger charge is 1.94. The van der Waals surface area contributed by atoms with Crippen LogP contribution in [-0.4, -0.2) is 26.3 Å². The molecule has 0 fully saturated rings. The summed E-state index contributed by atoms with van der Waals surface area (Å²) in [6, 6.07) is 0. The molecule has 0 radical (unpaired) electrons. The molecule has 0 heterocycles. The number of ether oxygens (including phenoxy) is 1. The van der Waals surface area contributed by atoms with E-state index in [2.05, 4.69) is 55.6 Å². The minimum absolute atomic E-state index is 0.868. The maximum Gasteiger partial charge on any atom is 0.0590 e. The first-order valence-electron chi connectivity index (χ1n) is 17.1. The summed E-state index contributed by atoms with van der Waals surface area (Å²) < 4.78 is 5.79. The van der Waals surface area contributed by atoms with Crippen LogP contribution in [0.2, 0.25) is 0 Å². The van der Waals surface area contributed by atoms with E-state index in [1.165, 1.54) is 148 Å². The lowest BCUT2D eigenvalue weighted by atomic mass is 10.1. The Balaban J connectivity index is 3.11. The lowest BCUT2D eigenvalue weighted by Gasteiger charge is -2.06. The number of hydrogen-bond donors (Lipinski definition) is 1. The van der Waals surface area contributed by atoms with Gasteiger partial charge in [0.05, 0.1) is 6.61 Å². The fourth-order valence-electron chi connectivity index (χ4n) is 4.71. The number of rotatable bonds is 32. The topological polar surface area (TPSA) is 21.3 Å². The quantitative estimate of drug-likeness (QED) is 0.0688. The molecule has 0 aliphatic carbocycles. The average molecular weight is 532 g/mol. The molecular formula is C36H69NO. The first kappa shape index (κ1) is 37.1. The second kappa shape index (κ2) is 36.1. The Kier molecular flexibility index (Phi) is 35.3. The summed E-state index contributed by atoms with van der Waals surface area (Å²) in [5.74, 6) is 0. The zero-order valence-corrected chi connectivity index (χ0v) is 26.2. The van der Waals surface area contributed by atoms with E-state index in [4.69, 9.17) is 4.74 Å². The molecule has 0 aliphatic heterocycles. The fraction of sp³-hybridized carbons (Fsp3) is 0.833. The first-order valence-corrected chi connectivity index (χ1v) is 17.1. The molecule has 0 rings (SSSR count). The van der Waals surface area contributed by atoms with Crippen molar-refractivity contribution in [2.75, 3.05) is 26.3 Å². The smallest absolute Gasteiger partial charge is 0.0590 e. The highest BCUT2D eigenvalue weighted by molar-refractivity contribution is 4.92. The van der Waals surface area contributed by atoms with Crippen molar-refractivity contribution < 1.29 is 4.74 Å². The van der Waals surface area contributed by atoms with Crippen molar-refractivity contribution in [2.45, 2.75) is 168 Å². The predicted molar refractivity (Wildman–Crippen MR) is 173 cm³/mol. The van der Waals surface area contributed by atoms with E-state index in [0.29, 0.717) is 0 Å². The van der Waals surface area contributed by atoms with Gasteiger partial charge in [0.25, 0.3) is 0 Å². The largest absolute Gasteiger partial charge is 0.380 e. The zero-order valence-electron chi connectivity index (χ0n) is 26.2. The van der Waals surface area contributed by atoms with Crippen molar-refractivity contribution in [3.05, 3.63) is 36.5 Å².